The van der Waals surface area contributed by atoms with Crippen LogP contribution in [-0.4, -0.2) is 34.9 Å². The fourth-order valence-corrected chi connectivity index (χ4v) is 3.71. The van der Waals surface area contributed by atoms with Gasteiger partial charge in [-0.15, -0.1) is 0 Å². The van der Waals surface area contributed by atoms with Crippen molar-refractivity contribution >= 4 is 16.9 Å². The van der Waals surface area contributed by atoms with Crippen molar-refractivity contribution in [2.24, 2.45) is 11.3 Å². The number of alkyl halides is 3. The molecule has 0 saturated heterocycles. The zero-order chi connectivity index (χ0) is 25.6. The highest BCUT2D eigenvalue weighted by Crippen LogP contribution is 2.39. The number of halogens is 3. The Morgan fingerprint density at radius 2 is 1.97 bits per heavy atom. The van der Waals surface area contributed by atoms with Crippen LogP contribution in [0.3, 0.4) is 0 Å². The number of ether oxygens (including phenoxy) is 2. The summed E-state index contributed by atoms with van der Waals surface area (Å²) < 4.78 is 53.8. The molecule has 0 saturated carbocycles. The zero-order valence-corrected chi connectivity index (χ0v) is 20.3. The Balaban J connectivity index is 1.90. The van der Waals surface area contributed by atoms with E-state index in [1.54, 1.807) is 24.5 Å². The molecule has 0 aliphatic heterocycles. The summed E-state index contributed by atoms with van der Waals surface area (Å²) in [5.41, 5.74) is 0.451. The van der Waals surface area contributed by atoms with E-state index in [0.717, 1.165) is 54.5 Å². The summed E-state index contributed by atoms with van der Waals surface area (Å²) in [6, 6.07) is 11.2. The molecule has 8 heteroatoms. The van der Waals surface area contributed by atoms with Gasteiger partial charge in [-0.2, -0.15) is 13.2 Å². The maximum absolute atomic E-state index is 13.8. The van der Waals surface area contributed by atoms with Crippen LogP contribution in [0.1, 0.15) is 33.6 Å². The topological polar surface area (TPSA) is 53.4 Å². The summed E-state index contributed by atoms with van der Waals surface area (Å²) in [6.45, 7) is 7.73. The van der Waals surface area contributed by atoms with Gasteiger partial charge in [0.05, 0.1) is 11.2 Å². The maximum atomic E-state index is 13.8. The average Bonchev–Trinajstić information content (AvgIpc) is 3.18. The average molecular weight is 489 g/mol. The van der Waals surface area contributed by atoms with E-state index < -0.39 is 30.8 Å². The lowest BCUT2D eigenvalue weighted by Gasteiger charge is -2.31. The Morgan fingerprint density at radius 3 is 2.60 bits per heavy atom. The van der Waals surface area contributed by atoms with Crippen LogP contribution in [0.25, 0.3) is 22.2 Å². The molecule has 0 fully saturated rings. The zero-order valence-electron chi connectivity index (χ0n) is 20.3. The van der Waals surface area contributed by atoms with Gasteiger partial charge in [0.2, 0.25) is 0 Å². The number of carbonyl (C=O) groups excluding carboxylic acids is 1. The number of fused-ring (bicyclic) bond motifs is 1. The molecule has 1 unspecified atom stereocenters. The molecule has 0 aliphatic carbocycles. The molecule has 5 nitrogen and oxygen atoms in total. The number of rotatable bonds is 11. The molecule has 0 spiro atoms. The van der Waals surface area contributed by atoms with Crippen LogP contribution in [0.4, 0.5) is 13.2 Å². The Kier molecular flexibility index (Phi) is 8.25. The summed E-state index contributed by atoms with van der Waals surface area (Å²) in [5.74, 6) is -0.0409. The Labute approximate surface area is 203 Å². The van der Waals surface area contributed by atoms with Crippen LogP contribution in [0.15, 0.2) is 61.4 Å². The predicted molar refractivity (Wildman–Crippen MR) is 130 cm³/mol. The second kappa shape index (κ2) is 11.0. The van der Waals surface area contributed by atoms with Crippen molar-refractivity contribution in [2.45, 2.75) is 46.3 Å². The van der Waals surface area contributed by atoms with Crippen LogP contribution < -0.4 is 4.74 Å². The van der Waals surface area contributed by atoms with Gasteiger partial charge in [-0.3, -0.25) is 4.98 Å². The van der Waals surface area contributed by atoms with Crippen molar-refractivity contribution in [3.63, 3.8) is 0 Å². The molecule has 1 atom stereocenters. The van der Waals surface area contributed by atoms with Crippen LogP contribution in [0.5, 0.6) is 5.75 Å². The highest BCUT2D eigenvalue weighted by molar-refractivity contribution is 5.88. The minimum Gasteiger partial charge on any atom is -0.492 e. The third-order valence-electron chi connectivity index (χ3n) is 5.94. The number of benzene rings is 1. The normalized spacial score (nSPS) is 13.6. The van der Waals surface area contributed by atoms with E-state index in [9.17, 15) is 18.0 Å². The summed E-state index contributed by atoms with van der Waals surface area (Å²) in [6.07, 6.45) is 1.72. The maximum Gasteiger partial charge on any atom is 0.400 e. The largest absolute Gasteiger partial charge is 0.492 e. The number of aryl methyl sites for hydroxylation is 1. The number of aromatic nitrogens is 2. The van der Waals surface area contributed by atoms with Crippen LogP contribution in [0, 0.1) is 11.3 Å². The van der Waals surface area contributed by atoms with Gasteiger partial charge in [-0.1, -0.05) is 20.4 Å². The van der Waals surface area contributed by atoms with E-state index in [0.29, 0.717) is 11.7 Å². The smallest absolute Gasteiger partial charge is 0.400 e. The molecule has 0 N–H and O–H groups in total. The Morgan fingerprint density at radius 1 is 1.20 bits per heavy atom. The standard InChI is InChI=1S/C27H31F3N2O3/c1-5-25(33)35-18-26(4,27(28,29)30)17-34-22-11-10-20-14-23(21-9-6-12-31-16-21)32(24(20)15-22)13-7-8-19(2)3/h5-6,9-12,14-16,19H,1,7-8,13,17-18H2,2-4H3. The number of carbonyl (C=O) groups is 1. The van der Waals surface area contributed by atoms with Crippen molar-refractivity contribution in [3.05, 3.63) is 61.4 Å². The fraction of sp³-hybridized carbons (Fsp3) is 0.407. The number of hydrogen-bond donors (Lipinski definition) is 0. The van der Waals surface area contributed by atoms with E-state index in [1.165, 1.54) is 0 Å². The molecular formula is C27H31F3N2O3. The van der Waals surface area contributed by atoms with Crippen LogP contribution in [-0.2, 0) is 16.1 Å². The molecule has 2 aromatic heterocycles. The Bertz CT molecular complexity index is 1160. The first-order chi connectivity index (χ1) is 16.5. The highest BCUT2D eigenvalue weighted by Gasteiger charge is 2.53. The fourth-order valence-electron chi connectivity index (χ4n) is 3.71. The number of pyridine rings is 1. The van der Waals surface area contributed by atoms with Crippen LogP contribution >= 0.6 is 0 Å². The van der Waals surface area contributed by atoms with Gasteiger partial charge >= 0.3 is 12.1 Å². The molecule has 0 amide bonds. The summed E-state index contributed by atoms with van der Waals surface area (Å²) in [5, 5.41) is 0.958. The second-order valence-corrected chi connectivity index (χ2v) is 9.34. The van der Waals surface area contributed by atoms with Crippen LogP contribution in [0.2, 0.25) is 0 Å². The van der Waals surface area contributed by atoms with Crippen molar-refractivity contribution in [3.8, 4) is 17.0 Å². The molecule has 1 aromatic carbocycles. The van der Waals surface area contributed by atoms with Crippen molar-refractivity contribution in [1.82, 2.24) is 9.55 Å². The number of esters is 1. The third kappa shape index (κ3) is 6.44. The quantitative estimate of drug-likeness (QED) is 0.220. The molecule has 188 valence electrons. The highest BCUT2D eigenvalue weighted by atomic mass is 19.4. The van der Waals surface area contributed by atoms with Crippen molar-refractivity contribution in [1.29, 1.82) is 0 Å². The van der Waals surface area contributed by atoms with Crippen molar-refractivity contribution < 1.29 is 27.4 Å². The van der Waals surface area contributed by atoms with Gasteiger partial charge in [-0.25, -0.2) is 4.79 Å². The van der Waals surface area contributed by atoms with Gasteiger partial charge in [0, 0.05) is 42.0 Å². The van der Waals surface area contributed by atoms with Gasteiger partial charge in [0.15, 0.2) is 0 Å². The third-order valence-corrected chi connectivity index (χ3v) is 5.94. The van der Waals surface area contributed by atoms with E-state index in [-0.39, 0.29) is 0 Å². The predicted octanol–water partition coefficient (Wildman–Crippen LogP) is 6.82. The molecular weight excluding hydrogens is 457 g/mol. The molecule has 3 rings (SSSR count). The second-order valence-electron chi connectivity index (χ2n) is 9.34. The lowest BCUT2D eigenvalue weighted by molar-refractivity contribution is -0.240. The van der Waals surface area contributed by atoms with E-state index in [1.807, 2.05) is 18.2 Å². The first-order valence-electron chi connectivity index (χ1n) is 11.6. The minimum atomic E-state index is -4.64. The first kappa shape index (κ1) is 26.3. The van der Waals surface area contributed by atoms with Gasteiger partial charge in [0.1, 0.15) is 24.4 Å². The monoisotopic (exact) mass is 488 g/mol. The Hall–Kier alpha value is -3.29. The molecule has 0 radical (unpaired) electrons. The van der Waals surface area contributed by atoms with Gasteiger partial charge in [-0.05, 0) is 56.0 Å². The lowest BCUT2D eigenvalue weighted by atomic mass is 9.92. The van der Waals surface area contributed by atoms with E-state index in [2.05, 4.69) is 36.0 Å². The summed E-state index contributed by atoms with van der Waals surface area (Å²) in [7, 11) is 0. The first-order valence-corrected chi connectivity index (χ1v) is 11.6. The number of hydrogen-bond acceptors (Lipinski definition) is 4. The van der Waals surface area contributed by atoms with E-state index in [4.69, 9.17) is 9.47 Å². The van der Waals surface area contributed by atoms with Gasteiger partial charge < -0.3 is 14.0 Å². The molecule has 3 aromatic rings. The van der Waals surface area contributed by atoms with Gasteiger partial charge in [0.25, 0.3) is 0 Å². The molecule has 0 aliphatic rings. The van der Waals surface area contributed by atoms with E-state index >= 15 is 0 Å². The SMILES string of the molecule is C=CC(=O)OCC(C)(COc1ccc2cc(-c3cccnc3)n(CCCC(C)C)c2c1)C(F)(F)F. The minimum absolute atomic E-state index is 0.309. The van der Waals surface area contributed by atoms with Crippen molar-refractivity contribution in [2.75, 3.05) is 13.2 Å². The lowest BCUT2D eigenvalue weighted by Crippen LogP contribution is -2.44. The summed E-state index contributed by atoms with van der Waals surface area (Å²) in [4.78, 5) is 15.6. The molecule has 0 bridgehead atoms. The number of nitrogens with zero attached hydrogens (tertiary/aromatic N) is 2. The molecule has 2 heterocycles. The molecule has 35 heavy (non-hydrogen) atoms. The summed E-state index contributed by atoms with van der Waals surface area (Å²) >= 11 is 0.